The van der Waals surface area contributed by atoms with Crippen molar-refractivity contribution in [1.29, 1.82) is 0 Å². The Morgan fingerprint density at radius 3 is 2.84 bits per heavy atom. The Labute approximate surface area is 149 Å². The van der Waals surface area contributed by atoms with Gasteiger partial charge in [0.2, 0.25) is 0 Å². The van der Waals surface area contributed by atoms with Crippen molar-refractivity contribution in [2.45, 2.75) is 26.9 Å². The van der Waals surface area contributed by atoms with Crippen molar-refractivity contribution in [3.05, 3.63) is 64.3 Å². The summed E-state index contributed by atoms with van der Waals surface area (Å²) in [6.07, 6.45) is 3.19. The van der Waals surface area contributed by atoms with Gasteiger partial charge in [-0.2, -0.15) is 10.2 Å². The minimum absolute atomic E-state index is 0.175. The summed E-state index contributed by atoms with van der Waals surface area (Å²) >= 11 is 6.02. The molecule has 0 unspecified atom stereocenters. The molecular weight excluding hydrogens is 345 g/mol. The van der Waals surface area contributed by atoms with Gasteiger partial charge in [-0.05, 0) is 26.0 Å². The van der Waals surface area contributed by atoms with Crippen LogP contribution in [0, 0.1) is 12.7 Å². The largest absolute Gasteiger partial charge is 0.305 e. The lowest BCUT2D eigenvalue weighted by atomic mass is 10.2. The van der Waals surface area contributed by atoms with E-state index in [1.807, 2.05) is 13.8 Å². The van der Waals surface area contributed by atoms with Gasteiger partial charge >= 0.3 is 0 Å². The average molecular weight is 362 g/mol. The van der Waals surface area contributed by atoms with E-state index in [9.17, 15) is 9.18 Å². The molecule has 6 nitrogen and oxygen atoms in total. The van der Waals surface area contributed by atoms with E-state index in [1.165, 1.54) is 16.9 Å². The van der Waals surface area contributed by atoms with E-state index >= 15 is 0 Å². The number of hydrogen-bond acceptors (Lipinski definition) is 3. The van der Waals surface area contributed by atoms with Crippen LogP contribution in [0.1, 0.15) is 28.5 Å². The molecule has 0 spiro atoms. The van der Waals surface area contributed by atoms with Gasteiger partial charge < -0.3 is 5.32 Å². The third kappa shape index (κ3) is 3.56. The Kier molecular flexibility index (Phi) is 4.85. The first-order valence-corrected chi connectivity index (χ1v) is 8.17. The summed E-state index contributed by atoms with van der Waals surface area (Å²) in [6, 6.07) is 6.17. The second-order valence-electron chi connectivity index (χ2n) is 5.51. The minimum Gasteiger partial charge on any atom is -0.305 e. The second kappa shape index (κ2) is 7.06. The molecule has 0 aliphatic carbocycles. The first-order valence-electron chi connectivity index (χ1n) is 7.79. The Bertz CT molecular complexity index is 897. The van der Waals surface area contributed by atoms with Crippen LogP contribution >= 0.6 is 11.6 Å². The fraction of sp³-hybridized carbons (Fsp3) is 0.235. The number of hydrogen-bond donors (Lipinski definition) is 1. The minimum atomic E-state index is -0.392. The van der Waals surface area contributed by atoms with Crippen LogP contribution in [0.5, 0.6) is 0 Å². The van der Waals surface area contributed by atoms with Gasteiger partial charge in [-0.1, -0.05) is 17.7 Å². The van der Waals surface area contributed by atoms with Gasteiger partial charge in [0.15, 0.2) is 5.82 Å². The van der Waals surface area contributed by atoms with Crippen LogP contribution in [0.15, 0.2) is 36.7 Å². The van der Waals surface area contributed by atoms with Gasteiger partial charge in [-0.15, -0.1) is 0 Å². The number of anilines is 1. The topological polar surface area (TPSA) is 64.7 Å². The molecule has 0 bridgehead atoms. The third-order valence-corrected chi connectivity index (χ3v) is 4.27. The zero-order valence-corrected chi connectivity index (χ0v) is 14.6. The molecule has 3 rings (SSSR count). The predicted molar refractivity (Wildman–Crippen MR) is 93.3 cm³/mol. The number of rotatable bonds is 5. The number of halogens is 2. The maximum atomic E-state index is 13.9. The fourth-order valence-corrected chi connectivity index (χ4v) is 2.76. The summed E-state index contributed by atoms with van der Waals surface area (Å²) in [5.74, 6) is -0.302. The summed E-state index contributed by atoms with van der Waals surface area (Å²) < 4.78 is 17.1. The molecule has 0 saturated heterocycles. The molecule has 2 aromatic heterocycles. The van der Waals surface area contributed by atoms with Crippen LogP contribution in [-0.2, 0) is 13.1 Å². The molecule has 0 aliphatic rings. The van der Waals surface area contributed by atoms with E-state index in [4.69, 9.17) is 11.6 Å². The summed E-state index contributed by atoms with van der Waals surface area (Å²) in [4.78, 5) is 12.3. The molecule has 1 aromatic carbocycles. The smallest absolute Gasteiger partial charge is 0.260 e. The fourth-order valence-electron chi connectivity index (χ4n) is 2.53. The summed E-state index contributed by atoms with van der Waals surface area (Å²) in [5.41, 5.74) is 1.64. The molecule has 0 saturated carbocycles. The molecule has 0 radical (unpaired) electrons. The van der Waals surface area contributed by atoms with Crippen molar-refractivity contribution in [1.82, 2.24) is 19.6 Å². The van der Waals surface area contributed by atoms with Crippen LogP contribution in [0.3, 0.4) is 0 Å². The van der Waals surface area contributed by atoms with Gasteiger partial charge in [0.05, 0.1) is 18.3 Å². The van der Waals surface area contributed by atoms with E-state index in [2.05, 4.69) is 15.5 Å². The number of carbonyl (C=O) groups is 1. The molecule has 8 heteroatoms. The van der Waals surface area contributed by atoms with Crippen molar-refractivity contribution in [2.24, 2.45) is 0 Å². The molecule has 0 aliphatic heterocycles. The zero-order chi connectivity index (χ0) is 18.0. The van der Waals surface area contributed by atoms with E-state index < -0.39 is 5.82 Å². The third-order valence-electron chi connectivity index (χ3n) is 3.91. The summed E-state index contributed by atoms with van der Waals surface area (Å²) in [7, 11) is 0. The number of nitrogens with zero attached hydrogens (tertiary/aromatic N) is 4. The predicted octanol–water partition coefficient (Wildman–Crippen LogP) is 3.50. The van der Waals surface area contributed by atoms with Gasteiger partial charge in [0, 0.05) is 35.1 Å². The van der Waals surface area contributed by atoms with Gasteiger partial charge in [-0.25, -0.2) is 4.39 Å². The number of benzene rings is 1. The Hall–Kier alpha value is -2.67. The average Bonchev–Trinajstić information content (AvgIpc) is 3.17. The second-order valence-corrected chi connectivity index (χ2v) is 5.92. The highest BCUT2D eigenvalue weighted by Crippen LogP contribution is 2.20. The number of carbonyl (C=O) groups excluding carboxylic acids is 1. The first-order chi connectivity index (χ1) is 12.0. The lowest BCUT2D eigenvalue weighted by Gasteiger charge is -2.06. The quantitative estimate of drug-likeness (QED) is 0.756. The number of amides is 1. The van der Waals surface area contributed by atoms with E-state index in [-0.39, 0.29) is 12.5 Å². The molecule has 0 atom stereocenters. The SMILES string of the molecule is CCn1ncc(C(=O)Nc2ccn(Cc3c(F)cccc3Cl)n2)c1C. The Morgan fingerprint density at radius 1 is 1.36 bits per heavy atom. The van der Waals surface area contributed by atoms with Crippen LogP contribution in [0.4, 0.5) is 10.2 Å². The maximum absolute atomic E-state index is 13.9. The lowest BCUT2D eigenvalue weighted by molar-refractivity contribution is 0.102. The first kappa shape index (κ1) is 17.2. The van der Waals surface area contributed by atoms with Crippen LogP contribution < -0.4 is 5.32 Å². The lowest BCUT2D eigenvalue weighted by Crippen LogP contribution is -2.14. The van der Waals surface area contributed by atoms with E-state index in [1.54, 1.807) is 29.1 Å². The molecule has 130 valence electrons. The normalized spacial score (nSPS) is 10.9. The molecule has 25 heavy (non-hydrogen) atoms. The van der Waals surface area contributed by atoms with Crippen LogP contribution in [-0.4, -0.2) is 25.5 Å². The number of aromatic nitrogens is 4. The Morgan fingerprint density at radius 2 is 2.16 bits per heavy atom. The van der Waals surface area contributed by atoms with Crippen LogP contribution in [0.25, 0.3) is 0 Å². The van der Waals surface area contributed by atoms with Gasteiger partial charge in [0.1, 0.15) is 5.82 Å². The number of nitrogens with one attached hydrogen (secondary N) is 1. The van der Waals surface area contributed by atoms with Crippen molar-refractivity contribution < 1.29 is 9.18 Å². The zero-order valence-electron chi connectivity index (χ0n) is 13.8. The Balaban J connectivity index is 1.73. The van der Waals surface area contributed by atoms with Gasteiger partial charge in [0.25, 0.3) is 5.91 Å². The van der Waals surface area contributed by atoms with Crippen molar-refractivity contribution in [3.8, 4) is 0 Å². The maximum Gasteiger partial charge on any atom is 0.260 e. The standard InChI is InChI=1S/C17H17ClFN5O/c1-3-24-11(2)12(9-20-24)17(25)21-16-7-8-23(22-16)10-13-14(18)5-4-6-15(13)19/h4-9H,3,10H2,1-2H3,(H,21,22,25). The molecule has 1 amide bonds. The van der Waals surface area contributed by atoms with Crippen LogP contribution in [0.2, 0.25) is 5.02 Å². The highest BCUT2D eigenvalue weighted by Gasteiger charge is 2.15. The molecule has 0 fully saturated rings. The van der Waals surface area contributed by atoms with Gasteiger partial charge in [-0.3, -0.25) is 14.2 Å². The molecular formula is C17H17ClFN5O. The summed E-state index contributed by atoms with van der Waals surface area (Å²) in [6.45, 7) is 4.66. The highest BCUT2D eigenvalue weighted by atomic mass is 35.5. The van der Waals surface area contributed by atoms with Crippen molar-refractivity contribution >= 4 is 23.3 Å². The molecule has 1 N–H and O–H groups in total. The van der Waals surface area contributed by atoms with E-state index in [0.717, 1.165) is 5.69 Å². The highest BCUT2D eigenvalue weighted by molar-refractivity contribution is 6.31. The monoisotopic (exact) mass is 361 g/mol. The van der Waals surface area contributed by atoms with E-state index in [0.29, 0.717) is 28.5 Å². The molecule has 2 heterocycles. The molecule has 3 aromatic rings. The summed E-state index contributed by atoms with van der Waals surface area (Å²) in [5, 5.41) is 11.5. The van der Waals surface area contributed by atoms with Crippen molar-refractivity contribution in [3.63, 3.8) is 0 Å². The van der Waals surface area contributed by atoms with Crippen molar-refractivity contribution in [2.75, 3.05) is 5.32 Å². The number of aryl methyl sites for hydroxylation is 1.